The molecule has 0 aromatic carbocycles. The van der Waals surface area contributed by atoms with Crippen LogP contribution < -0.4 is 5.73 Å². The van der Waals surface area contributed by atoms with Gasteiger partial charge in [-0.2, -0.15) is 0 Å². The highest BCUT2D eigenvalue weighted by Gasteiger charge is 2.41. The van der Waals surface area contributed by atoms with Crippen molar-refractivity contribution >= 4 is 11.3 Å². The minimum Gasteiger partial charge on any atom is -0.320 e. The minimum absolute atomic E-state index is 0.0590. The van der Waals surface area contributed by atoms with Gasteiger partial charge in [0.05, 0.1) is 11.2 Å². The average molecular weight is 139 g/mol. The van der Waals surface area contributed by atoms with Gasteiger partial charge in [-0.25, -0.2) is 4.98 Å². The van der Waals surface area contributed by atoms with Crippen LogP contribution in [-0.2, 0) is 5.54 Å². The fourth-order valence-corrected chi connectivity index (χ4v) is 1.41. The lowest BCUT2D eigenvalue weighted by Crippen LogP contribution is -2.18. The average Bonchev–Trinajstić information content (AvgIpc) is 2.46. The Balaban J connectivity index is 2.34. The van der Waals surface area contributed by atoms with Crippen LogP contribution >= 0.6 is 11.3 Å². The van der Waals surface area contributed by atoms with Crippen LogP contribution in [0.2, 0.25) is 0 Å². The van der Waals surface area contributed by atoms with Crippen LogP contribution in [0.3, 0.4) is 0 Å². The van der Waals surface area contributed by atoms with Gasteiger partial charge in [-0.15, -0.1) is 11.3 Å². The molecular formula is C6H7N2S. The van der Waals surface area contributed by atoms with E-state index in [9.17, 15) is 0 Å². The van der Waals surface area contributed by atoms with Gasteiger partial charge in [0.25, 0.3) is 0 Å². The molecule has 1 fully saturated rings. The van der Waals surface area contributed by atoms with E-state index >= 15 is 0 Å². The quantitative estimate of drug-likeness (QED) is 0.627. The summed E-state index contributed by atoms with van der Waals surface area (Å²) < 4.78 is 0. The third-order valence-corrected chi connectivity index (χ3v) is 2.23. The van der Waals surface area contributed by atoms with E-state index in [-0.39, 0.29) is 5.54 Å². The van der Waals surface area contributed by atoms with E-state index in [0.29, 0.717) is 0 Å². The van der Waals surface area contributed by atoms with Crippen molar-refractivity contribution in [1.82, 2.24) is 4.98 Å². The fourth-order valence-electron chi connectivity index (χ4n) is 0.804. The van der Waals surface area contributed by atoms with Gasteiger partial charge in [0.2, 0.25) is 0 Å². The molecule has 1 aliphatic rings. The second-order valence-corrected chi connectivity index (χ2v) is 3.13. The first-order chi connectivity index (χ1) is 4.31. The minimum atomic E-state index is -0.0590. The normalized spacial score (nSPS) is 21.9. The summed E-state index contributed by atoms with van der Waals surface area (Å²) in [6.45, 7) is 0. The monoisotopic (exact) mass is 139 g/mol. The first-order valence-electron chi connectivity index (χ1n) is 2.92. The molecule has 1 radical (unpaired) electrons. The standard InChI is InChI=1S/C6H7N2S/c7-6(1-2-6)5-3-9-4-8-5/h3H,1-2,7H2. The summed E-state index contributed by atoms with van der Waals surface area (Å²) >= 11 is 1.49. The van der Waals surface area contributed by atoms with Crippen molar-refractivity contribution in [3.63, 3.8) is 0 Å². The molecule has 0 atom stereocenters. The first-order valence-corrected chi connectivity index (χ1v) is 3.80. The first kappa shape index (κ1) is 5.38. The van der Waals surface area contributed by atoms with Gasteiger partial charge in [-0.3, -0.25) is 0 Å². The van der Waals surface area contributed by atoms with Crippen molar-refractivity contribution in [2.75, 3.05) is 0 Å². The molecule has 1 saturated carbocycles. The van der Waals surface area contributed by atoms with Crippen LogP contribution in [0.1, 0.15) is 18.5 Å². The molecule has 1 aliphatic carbocycles. The van der Waals surface area contributed by atoms with Crippen molar-refractivity contribution in [3.05, 3.63) is 16.6 Å². The molecule has 47 valence electrons. The van der Waals surface area contributed by atoms with Crippen LogP contribution in [-0.4, -0.2) is 4.98 Å². The summed E-state index contributed by atoms with van der Waals surface area (Å²) in [7, 11) is 0. The summed E-state index contributed by atoms with van der Waals surface area (Å²) in [5.41, 5.74) is 9.59. The van der Waals surface area contributed by atoms with E-state index < -0.39 is 0 Å². The van der Waals surface area contributed by atoms with Gasteiger partial charge in [0.15, 0.2) is 5.51 Å². The summed E-state index contributed by atoms with van der Waals surface area (Å²) in [6.07, 6.45) is 2.18. The lowest BCUT2D eigenvalue weighted by Gasteiger charge is -2.00. The third kappa shape index (κ3) is 0.767. The number of thiazole rings is 1. The highest BCUT2D eigenvalue weighted by Crippen LogP contribution is 2.41. The van der Waals surface area contributed by atoms with Crippen LogP contribution in [0.4, 0.5) is 0 Å². The maximum Gasteiger partial charge on any atom is 0.152 e. The van der Waals surface area contributed by atoms with E-state index in [1.807, 2.05) is 5.38 Å². The lowest BCUT2D eigenvalue weighted by atomic mass is 10.2. The Labute approximate surface area is 57.7 Å². The van der Waals surface area contributed by atoms with Crippen molar-refractivity contribution in [2.45, 2.75) is 18.4 Å². The predicted molar refractivity (Wildman–Crippen MR) is 36.0 cm³/mol. The smallest absolute Gasteiger partial charge is 0.152 e. The van der Waals surface area contributed by atoms with E-state index in [1.165, 1.54) is 11.3 Å². The molecule has 2 rings (SSSR count). The number of hydrogen-bond acceptors (Lipinski definition) is 3. The molecule has 0 saturated heterocycles. The fraction of sp³-hybridized carbons (Fsp3) is 0.500. The van der Waals surface area contributed by atoms with Gasteiger partial charge < -0.3 is 5.73 Å². The topological polar surface area (TPSA) is 38.9 Å². The molecule has 0 unspecified atom stereocenters. The summed E-state index contributed by atoms with van der Waals surface area (Å²) in [4.78, 5) is 4.02. The zero-order valence-corrected chi connectivity index (χ0v) is 5.74. The maximum absolute atomic E-state index is 5.84. The van der Waals surface area contributed by atoms with Crippen molar-refractivity contribution in [3.8, 4) is 0 Å². The molecule has 0 spiro atoms. The van der Waals surface area contributed by atoms with E-state index in [2.05, 4.69) is 10.5 Å². The van der Waals surface area contributed by atoms with Gasteiger partial charge >= 0.3 is 0 Å². The Morgan fingerprint density at radius 1 is 1.78 bits per heavy atom. The molecule has 1 heterocycles. The Morgan fingerprint density at radius 3 is 3.00 bits per heavy atom. The maximum atomic E-state index is 5.84. The van der Waals surface area contributed by atoms with Gasteiger partial charge in [0, 0.05) is 5.38 Å². The third-order valence-electron chi connectivity index (χ3n) is 1.69. The summed E-state index contributed by atoms with van der Waals surface area (Å²) in [6, 6.07) is 0. The van der Waals surface area contributed by atoms with Crippen molar-refractivity contribution in [2.24, 2.45) is 5.73 Å². The van der Waals surface area contributed by atoms with E-state index in [4.69, 9.17) is 5.73 Å². The molecule has 2 N–H and O–H groups in total. The predicted octanol–water partition coefficient (Wildman–Crippen LogP) is 0.891. The van der Waals surface area contributed by atoms with Gasteiger partial charge in [-0.1, -0.05) is 0 Å². The molecule has 3 heteroatoms. The number of aromatic nitrogens is 1. The van der Waals surface area contributed by atoms with Crippen LogP contribution in [0, 0.1) is 5.51 Å². The van der Waals surface area contributed by atoms with Gasteiger partial charge in [-0.05, 0) is 12.8 Å². The Bertz CT molecular complexity index is 201. The number of nitrogens with zero attached hydrogens (tertiary/aromatic N) is 1. The molecule has 1 aromatic heterocycles. The largest absolute Gasteiger partial charge is 0.320 e. The zero-order valence-electron chi connectivity index (χ0n) is 4.92. The highest BCUT2D eigenvalue weighted by molar-refractivity contribution is 7.07. The lowest BCUT2D eigenvalue weighted by molar-refractivity contribution is 0.714. The molecule has 1 aromatic rings. The van der Waals surface area contributed by atoms with Gasteiger partial charge in [0.1, 0.15) is 0 Å². The second-order valence-electron chi connectivity index (χ2n) is 2.48. The molecule has 0 amide bonds. The highest BCUT2D eigenvalue weighted by atomic mass is 32.1. The second kappa shape index (κ2) is 1.55. The van der Waals surface area contributed by atoms with Crippen LogP contribution in [0.25, 0.3) is 0 Å². The Hall–Kier alpha value is -0.410. The van der Waals surface area contributed by atoms with Crippen molar-refractivity contribution < 1.29 is 0 Å². The van der Waals surface area contributed by atoms with Crippen molar-refractivity contribution in [1.29, 1.82) is 0 Å². The SMILES string of the molecule is NC1(c2cs[c]n2)CC1. The molecule has 0 aliphatic heterocycles. The van der Waals surface area contributed by atoms with E-state index in [1.54, 1.807) is 0 Å². The molecule has 9 heavy (non-hydrogen) atoms. The molecule has 2 nitrogen and oxygen atoms in total. The Morgan fingerprint density at radius 2 is 2.56 bits per heavy atom. The molecule has 0 bridgehead atoms. The Kier molecular flexibility index (Phi) is 0.926. The zero-order chi connectivity index (χ0) is 6.32. The number of hydrogen-bond donors (Lipinski definition) is 1. The number of rotatable bonds is 1. The summed E-state index contributed by atoms with van der Waals surface area (Å²) in [5.74, 6) is 0. The van der Waals surface area contributed by atoms with E-state index in [0.717, 1.165) is 18.5 Å². The summed E-state index contributed by atoms with van der Waals surface area (Å²) in [5, 5.41) is 1.98. The van der Waals surface area contributed by atoms with Crippen LogP contribution in [0.15, 0.2) is 5.38 Å². The van der Waals surface area contributed by atoms with Crippen LogP contribution in [0.5, 0.6) is 0 Å². The molecular weight excluding hydrogens is 132 g/mol. The number of nitrogens with two attached hydrogens (primary N) is 1.